The Morgan fingerprint density at radius 3 is 2.71 bits per heavy atom. The Balaban J connectivity index is 1.63. The molecule has 0 aromatic carbocycles. The summed E-state index contributed by atoms with van der Waals surface area (Å²) in [6.07, 6.45) is 4.15. The van der Waals surface area contributed by atoms with Gasteiger partial charge in [-0.2, -0.15) is 0 Å². The maximum absolute atomic E-state index is 13.4. The van der Waals surface area contributed by atoms with Crippen LogP contribution in [0.15, 0.2) is 12.3 Å². The van der Waals surface area contributed by atoms with Crippen LogP contribution >= 0.6 is 0 Å². The number of piperazine rings is 1. The first-order valence-corrected chi connectivity index (χ1v) is 8.08. The van der Waals surface area contributed by atoms with E-state index >= 15 is 0 Å². The van der Waals surface area contributed by atoms with Gasteiger partial charge in [0.1, 0.15) is 11.6 Å². The van der Waals surface area contributed by atoms with Crippen molar-refractivity contribution in [2.75, 3.05) is 44.2 Å². The number of nitrogens with one attached hydrogen (secondary N) is 1. The molecule has 116 valence electrons. The minimum atomic E-state index is -0.251. The van der Waals surface area contributed by atoms with E-state index in [0.29, 0.717) is 6.54 Å². The fourth-order valence-corrected chi connectivity index (χ4v) is 2.96. The molecule has 21 heavy (non-hydrogen) atoms. The molecule has 0 atom stereocenters. The van der Waals surface area contributed by atoms with E-state index in [9.17, 15) is 4.39 Å². The van der Waals surface area contributed by atoms with Crippen LogP contribution in [-0.4, -0.2) is 49.2 Å². The summed E-state index contributed by atoms with van der Waals surface area (Å²) in [5, 5.41) is 3.27. The molecule has 1 saturated carbocycles. The first-order valence-electron chi connectivity index (χ1n) is 8.08. The lowest BCUT2D eigenvalue weighted by Gasteiger charge is -2.36. The lowest BCUT2D eigenvalue weighted by molar-refractivity contribution is 0.247. The number of halogens is 1. The second-order valence-electron chi connectivity index (χ2n) is 6.15. The Labute approximate surface area is 126 Å². The predicted octanol–water partition coefficient (Wildman–Crippen LogP) is 1.86. The van der Waals surface area contributed by atoms with Gasteiger partial charge in [-0.25, -0.2) is 9.37 Å². The summed E-state index contributed by atoms with van der Waals surface area (Å²) in [5.74, 6) is 1.65. The smallest absolute Gasteiger partial charge is 0.141 e. The average Bonchev–Trinajstić information content (AvgIpc) is 3.30. The highest BCUT2D eigenvalue weighted by Crippen LogP contribution is 2.30. The molecule has 1 N–H and O–H groups in total. The summed E-state index contributed by atoms with van der Waals surface area (Å²) in [5.41, 5.74) is 0.965. The van der Waals surface area contributed by atoms with E-state index in [1.165, 1.54) is 25.6 Å². The van der Waals surface area contributed by atoms with Crippen LogP contribution in [0, 0.1) is 11.7 Å². The van der Waals surface area contributed by atoms with Crippen molar-refractivity contribution in [1.82, 2.24) is 15.2 Å². The monoisotopic (exact) mass is 292 g/mol. The van der Waals surface area contributed by atoms with Crippen LogP contribution in [0.4, 0.5) is 10.2 Å². The van der Waals surface area contributed by atoms with Crippen LogP contribution in [-0.2, 0) is 6.54 Å². The molecule has 0 unspecified atom stereocenters. The van der Waals surface area contributed by atoms with Crippen molar-refractivity contribution >= 4 is 5.82 Å². The molecular formula is C16H25FN4. The molecule has 1 aliphatic heterocycles. The van der Waals surface area contributed by atoms with Gasteiger partial charge in [0, 0.05) is 44.8 Å². The maximum atomic E-state index is 13.4. The van der Waals surface area contributed by atoms with Crippen molar-refractivity contribution in [3.63, 3.8) is 0 Å². The minimum Gasteiger partial charge on any atom is -0.354 e. The summed E-state index contributed by atoms with van der Waals surface area (Å²) >= 11 is 0. The van der Waals surface area contributed by atoms with Crippen LogP contribution in [0.3, 0.4) is 0 Å². The number of nitrogens with zero attached hydrogens (tertiary/aromatic N) is 3. The van der Waals surface area contributed by atoms with Gasteiger partial charge in [0.2, 0.25) is 0 Å². The Bertz CT molecular complexity index is 467. The van der Waals surface area contributed by atoms with E-state index in [-0.39, 0.29) is 5.82 Å². The zero-order valence-corrected chi connectivity index (χ0v) is 12.8. The molecule has 1 aliphatic carbocycles. The van der Waals surface area contributed by atoms with Gasteiger partial charge >= 0.3 is 0 Å². The molecule has 2 aliphatic rings. The van der Waals surface area contributed by atoms with Crippen LogP contribution in [0.2, 0.25) is 0 Å². The van der Waals surface area contributed by atoms with Crippen LogP contribution in [0.5, 0.6) is 0 Å². The van der Waals surface area contributed by atoms with Gasteiger partial charge < -0.3 is 10.2 Å². The summed E-state index contributed by atoms with van der Waals surface area (Å²) < 4.78 is 13.4. The van der Waals surface area contributed by atoms with Crippen molar-refractivity contribution in [2.24, 2.45) is 5.92 Å². The molecule has 2 fully saturated rings. The van der Waals surface area contributed by atoms with Gasteiger partial charge in [-0.1, -0.05) is 6.92 Å². The van der Waals surface area contributed by atoms with Gasteiger partial charge in [0.05, 0.1) is 6.20 Å². The highest BCUT2D eigenvalue weighted by molar-refractivity contribution is 5.47. The fraction of sp³-hybridized carbons (Fsp3) is 0.688. The molecule has 0 radical (unpaired) electrons. The number of anilines is 1. The number of hydrogen-bond acceptors (Lipinski definition) is 4. The molecule has 1 aromatic heterocycles. The van der Waals surface area contributed by atoms with Crippen molar-refractivity contribution in [3.8, 4) is 0 Å². The minimum absolute atomic E-state index is 0.251. The standard InChI is InChI=1S/C16H25FN4/c1-2-18-10-14-9-15(17)11-19-16(14)21-7-5-20(6-8-21)12-13-3-4-13/h9,11,13,18H,2-8,10,12H2,1H3. The number of pyridine rings is 1. The number of aromatic nitrogens is 1. The van der Waals surface area contributed by atoms with Gasteiger partial charge in [-0.15, -0.1) is 0 Å². The SMILES string of the molecule is CCNCc1cc(F)cnc1N1CCN(CC2CC2)CC1. The second kappa shape index (κ2) is 6.71. The molecule has 5 heteroatoms. The van der Waals surface area contributed by atoms with E-state index < -0.39 is 0 Å². The third kappa shape index (κ3) is 3.92. The summed E-state index contributed by atoms with van der Waals surface area (Å²) in [4.78, 5) is 9.20. The Hall–Kier alpha value is -1.20. The lowest BCUT2D eigenvalue weighted by atomic mass is 10.2. The number of rotatable bonds is 6. The topological polar surface area (TPSA) is 31.4 Å². The van der Waals surface area contributed by atoms with Crippen molar-refractivity contribution in [2.45, 2.75) is 26.3 Å². The van der Waals surface area contributed by atoms with Crippen LogP contribution in [0.1, 0.15) is 25.3 Å². The zero-order valence-electron chi connectivity index (χ0n) is 12.8. The van der Waals surface area contributed by atoms with E-state index in [4.69, 9.17) is 0 Å². The van der Waals surface area contributed by atoms with Gasteiger partial charge in [-0.3, -0.25) is 4.90 Å². The third-order valence-corrected chi connectivity index (χ3v) is 4.36. The molecule has 0 amide bonds. The van der Waals surface area contributed by atoms with Gasteiger partial charge in [0.15, 0.2) is 0 Å². The van der Waals surface area contributed by atoms with E-state index in [1.54, 1.807) is 6.07 Å². The highest BCUT2D eigenvalue weighted by atomic mass is 19.1. The quantitative estimate of drug-likeness (QED) is 0.867. The molecule has 0 bridgehead atoms. The van der Waals surface area contributed by atoms with E-state index in [2.05, 4.69) is 27.0 Å². The predicted molar refractivity (Wildman–Crippen MR) is 83.0 cm³/mol. The Morgan fingerprint density at radius 2 is 2.05 bits per heavy atom. The second-order valence-corrected chi connectivity index (χ2v) is 6.15. The summed E-state index contributed by atoms with van der Waals surface area (Å²) in [7, 11) is 0. The van der Waals surface area contributed by atoms with Crippen LogP contribution in [0.25, 0.3) is 0 Å². The highest BCUT2D eigenvalue weighted by Gasteiger charge is 2.27. The van der Waals surface area contributed by atoms with E-state index in [0.717, 1.165) is 50.0 Å². The van der Waals surface area contributed by atoms with Gasteiger partial charge in [0.25, 0.3) is 0 Å². The van der Waals surface area contributed by atoms with Crippen molar-refractivity contribution in [1.29, 1.82) is 0 Å². The summed E-state index contributed by atoms with van der Waals surface area (Å²) in [6, 6.07) is 1.61. The maximum Gasteiger partial charge on any atom is 0.141 e. The molecule has 3 rings (SSSR count). The zero-order chi connectivity index (χ0) is 14.7. The first-order chi connectivity index (χ1) is 10.3. The largest absolute Gasteiger partial charge is 0.354 e. The Kier molecular flexibility index (Phi) is 4.70. The number of hydrogen-bond donors (Lipinski definition) is 1. The molecule has 4 nitrogen and oxygen atoms in total. The molecule has 1 saturated heterocycles. The molecular weight excluding hydrogens is 267 g/mol. The molecule has 2 heterocycles. The van der Waals surface area contributed by atoms with Crippen molar-refractivity contribution in [3.05, 3.63) is 23.6 Å². The van der Waals surface area contributed by atoms with Crippen molar-refractivity contribution < 1.29 is 4.39 Å². The van der Waals surface area contributed by atoms with E-state index in [1.807, 2.05) is 0 Å². The normalized spacial score (nSPS) is 20.0. The van der Waals surface area contributed by atoms with Crippen LogP contribution < -0.4 is 10.2 Å². The lowest BCUT2D eigenvalue weighted by Crippen LogP contribution is -2.47. The first kappa shape index (κ1) is 14.7. The average molecular weight is 292 g/mol. The van der Waals surface area contributed by atoms with Gasteiger partial charge in [-0.05, 0) is 31.4 Å². The Morgan fingerprint density at radius 1 is 1.29 bits per heavy atom. The fourth-order valence-electron chi connectivity index (χ4n) is 2.96. The third-order valence-electron chi connectivity index (χ3n) is 4.36. The molecule has 1 aromatic rings. The summed E-state index contributed by atoms with van der Waals surface area (Å²) in [6.45, 7) is 9.04. The molecule has 0 spiro atoms.